The normalized spacial score (nSPS) is 15.5. The van der Waals surface area contributed by atoms with Crippen LogP contribution in [0.25, 0.3) is 6.08 Å². The lowest BCUT2D eigenvalue weighted by Crippen LogP contribution is -2.29. The molecular formula is C23H21F6N3O3. The Morgan fingerprint density at radius 1 is 0.971 bits per heavy atom. The maximum absolute atomic E-state index is 13.4. The molecule has 2 aromatic carbocycles. The number of nitrogens with zero attached hydrogens (tertiary/aromatic N) is 1. The molecule has 3 rings (SSSR count). The van der Waals surface area contributed by atoms with E-state index in [4.69, 9.17) is 14.9 Å². The van der Waals surface area contributed by atoms with Gasteiger partial charge in [-0.15, -0.1) is 0 Å². The Morgan fingerprint density at radius 3 is 2.26 bits per heavy atom. The monoisotopic (exact) mass is 501 g/mol. The molecule has 6 nitrogen and oxygen atoms in total. The Hall–Kier alpha value is -3.70. The van der Waals surface area contributed by atoms with Crippen LogP contribution in [0.4, 0.5) is 31.1 Å². The van der Waals surface area contributed by atoms with Crippen molar-refractivity contribution < 1.29 is 40.6 Å². The number of benzene rings is 2. The van der Waals surface area contributed by atoms with Crippen LogP contribution in [0.15, 0.2) is 42.1 Å². The van der Waals surface area contributed by atoms with E-state index < -0.39 is 41.7 Å². The summed E-state index contributed by atoms with van der Waals surface area (Å²) in [4.78, 5) is 13.1. The summed E-state index contributed by atoms with van der Waals surface area (Å²) in [6.45, 7) is 3.25. The Kier molecular flexibility index (Phi) is 7.32. The third-order valence-electron chi connectivity index (χ3n) is 5.03. The van der Waals surface area contributed by atoms with Gasteiger partial charge in [-0.25, -0.2) is 4.79 Å². The van der Waals surface area contributed by atoms with Gasteiger partial charge in [0.25, 0.3) is 0 Å². The lowest BCUT2D eigenvalue weighted by atomic mass is 10.0. The van der Waals surface area contributed by atoms with Gasteiger partial charge in [-0.2, -0.15) is 26.3 Å². The number of likely N-dealkylation sites (N-methyl/N-ethyl adjacent to an activating group) is 1. The quantitative estimate of drug-likeness (QED) is 0.453. The highest BCUT2D eigenvalue weighted by Gasteiger charge is 2.38. The first kappa shape index (κ1) is 25.9. The molecule has 12 heteroatoms. The molecule has 0 bridgehead atoms. The van der Waals surface area contributed by atoms with E-state index in [1.54, 1.807) is 13.8 Å². The fourth-order valence-electron chi connectivity index (χ4n) is 3.36. The number of ether oxygens (including phenoxy) is 2. The lowest BCUT2D eigenvalue weighted by molar-refractivity contribution is -0.143. The predicted octanol–water partition coefficient (Wildman–Crippen LogP) is 6.07. The lowest BCUT2D eigenvalue weighted by Gasteiger charge is -2.17. The van der Waals surface area contributed by atoms with Gasteiger partial charge in [0, 0.05) is 12.1 Å². The summed E-state index contributed by atoms with van der Waals surface area (Å²) in [5.41, 5.74) is -2.55. The molecule has 0 saturated carbocycles. The minimum Gasteiger partial charge on any atom is -0.490 e. The molecule has 0 atom stereocenters. The summed E-state index contributed by atoms with van der Waals surface area (Å²) in [5, 5.41) is 10.6. The second-order valence-corrected chi connectivity index (χ2v) is 7.38. The maximum atomic E-state index is 13.4. The zero-order valence-corrected chi connectivity index (χ0v) is 18.6. The third-order valence-corrected chi connectivity index (χ3v) is 5.03. The summed E-state index contributed by atoms with van der Waals surface area (Å²) in [6.07, 6.45) is -8.41. The number of rotatable bonds is 7. The molecule has 0 aliphatic carbocycles. The van der Waals surface area contributed by atoms with E-state index in [0.717, 1.165) is 6.07 Å². The van der Waals surface area contributed by atoms with Gasteiger partial charge >= 0.3 is 18.4 Å². The van der Waals surface area contributed by atoms with Gasteiger partial charge in [-0.1, -0.05) is 12.1 Å². The Morgan fingerprint density at radius 2 is 1.69 bits per heavy atom. The van der Waals surface area contributed by atoms with E-state index >= 15 is 0 Å². The van der Waals surface area contributed by atoms with Crippen molar-refractivity contribution in [2.45, 2.75) is 32.8 Å². The number of carbonyl (C=O) groups excluding carboxylic acids is 1. The zero-order valence-electron chi connectivity index (χ0n) is 18.6. The largest absolute Gasteiger partial charge is 0.490 e. The average Bonchev–Trinajstić information content (AvgIpc) is 3.04. The van der Waals surface area contributed by atoms with Crippen molar-refractivity contribution in [1.29, 1.82) is 5.41 Å². The molecule has 0 unspecified atom stereocenters. The Balaban J connectivity index is 1.87. The first-order valence-electron chi connectivity index (χ1n) is 10.4. The van der Waals surface area contributed by atoms with Crippen LogP contribution >= 0.6 is 0 Å². The molecule has 0 radical (unpaired) electrons. The van der Waals surface area contributed by atoms with Gasteiger partial charge < -0.3 is 14.8 Å². The predicted molar refractivity (Wildman–Crippen MR) is 115 cm³/mol. The smallest absolute Gasteiger partial charge is 0.416 e. The number of hydrogen-bond acceptors (Lipinski definition) is 4. The van der Waals surface area contributed by atoms with E-state index in [1.165, 1.54) is 29.2 Å². The topological polar surface area (TPSA) is 74.7 Å². The number of hydrogen-bond donors (Lipinski definition) is 2. The number of halogens is 6. The Labute approximate surface area is 196 Å². The van der Waals surface area contributed by atoms with Gasteiger partial charge in [-0.3, -0.25) is 10.3 Å². The SMILES string of the molecule is CCOc1cc(C=C2NC(=O)N(CC)C2=N)ccc1OCc1ccc(C(F)(F)F)cc1C(F)(F)F. The number of urea groups is 1. The number of nitrogens with one attached hydrogen (secondary N) is 2. The summed E-state index contributed by atoms with van der Waals surface area (Å²) in [5.74, 6) is 0.228. The highest BCUT2D eigenvalue weighted by molar-refractivity contribution is 6.15. The second kappa shape index (κ2) is 9.88. The van der Waals surface area contributed by atoms with Crippen LogP contribution in [-0.4, -0.2) is 29.9 Å². The molecule has 2 amide bonds. The maximum Gasteiger partial charge on any atom is 0.416 e. The van der Waals surface area contributed by atoms with Gasteiger partial charge in [0.05, 0.1) is 23.4 Å². The first-order valence-corrected chi connectivity index (χ1v) is 10.4. The van der Waals surface area contributed by atoms with Crippen molar-refractivity contribution >= 4 is 17.9 Å². The Bertz CT molecular complexity index is 1160. The van der Waals surface area contributed by atoms with Crippen LogP contribution in [0.2, 0.25) is 0 Å². The van der Waals surface area contributed by atoms with Crippen molar-refractivity contribution in [3.05, 3.63) is 64.3 Å². The molecule has 1 saturated heterocycles. The molecule has 1 aliphatic heterocycles. The minimum absolute atomic E-state index is 0.0160. The van der Waals surface area contributed by atoms with Crippen molar-refractivity contribution in [3.63, 3.8) is 0 Å². The number of carbonyl (C=O) groups is 1. The van der Waals surface area contributed by atoms with Gasteiger partial charge in [0.1, 0.15) is 6.61 Å². The van der Waals surface area contributed by atoms with Gasteiger partial charge in [0.2, 0.25) is 0 Å². The van der Waals surface area contributed by atoms with E-state index in [2.05, 4.69) is 5.32 Å². The molecule has 0 spiro atoms. The van der Waals surface area contributed by atoms with E-state index in [1.807, 2.05) is 0 Å². The molecule has 1 aliphatic rings. The minimum atomic E-state index is -5.01. The van der Waals surface area contributed by atoms with E-state index in [9.17, 15) is 31.1 Å². The molecule has 2 aromatic rings. The zero-order chi connectivity index (χ0) is 26.0. The molecule has 0 aromatic heterocycles. The van der Waals surface area contributed by atoms with Crippen LogP contribution in [0, 0.1) is 5.41 Å². The van der Waals surface area contributed by atoms with E-state index in [0.29, 0.717) is 18.2 Å². The van der Waals surface area contributed by atoms with Crippen LogP contribution < -0.4 is 14.8 Å². The van der Waals surface area contributed by atoms with E-state index in [-0.39, 0.29) is 35.7 Å². The fourth-order valence-corrected chi connectivity index (χ4v) is 3.36. The molecule has 35 heavy (non-hydrogen) atoms. The highest BCUT2D eigenvalue weighted by Crippen LogP contribution is 2.38. The summed E-state index contributed by atoms with van der Waals surface area (Å²) in [6, 6.07) is 5.39. The molecular weight excluding hydrogens is 480 g/mol. The second-order valence-electron chi connectivity index (χ2n) is 7.38. The molecule has 1 fully saturated rings. The van der Waals surface area contributed by atoms with Crippen molar-refractivity contribution in [2.75, 3.05) is 13.2 Å². The van der Waals surface area contributed by atoms with Crippen molar-refractivity contribution in [2.24, 2.45) is 0 Å². The summed E-state index contributed by atoms with van der Waals surface area (Å²) < 4.78 is 89.8. The molecule has 188 valence electrons. The van der Waals surface area contributed by atoms with Crippen LogP contribution in [0.5, 0.6) is 11.5 Å². The number of alkyl halides is 6. The fraction of sp³-hybridized carbons (Fsp3) is 0.304. The van der Waals surface area contributed by atoms with Crippen molar-refractivity contribution in [3.8, 4) is 11.5 Å². The number of amides is 2. The molecule has 2 N–H and O–H groups in total. The first-order chi connectivity index (χ1) is 16.3. The average molecular weight is 501 g/mol. The molecule has 1 heterocycles. The standard InChI is InChI=1S/C23H21F6N3O3/c1-3-32-20(30)17(31-21(32)33)9-13-5-8-18(19(10-13)34-4-2)35-12-14-6-7-15(22(24,25)26)11-16(14)23(27,28)29/h5-11,30H,3-4,12H2,1-2H3,(H,31,33). The van der Waals surface area contributed by atoms with Gasteiger partial charge in [-0.05, 0) is 49.8 Å². The van der Waals surface area contributed by atoms with Crippen molar-refractivity contribution in [1.82, 2.24) is 10.2 Å². The number of amidine groups is 1. The van der Waals surface area contributed by atoms with Crippen LogP contribution in [-0.2, 0) is 19.0 Å². The van der Waals surface area contributed by atoms with Gasteiger partial charge in [0.15, 0.2) is 17.3 Å². The summed E-state index contributed by atoms with van der Waals surface area (Å²) >= 11 is 0. The van der Waals surface area contributed by atoms with Crippen LogP contribution in [0.3, 0.4) is 0 Å². The van der Waals surface area contributed by atoms with Crippen LogP contribution in [0.1, 0.15) is 36.1 Å². The highest BCUT2D eigenvalue weighted by atomic mass is 19.4. The summed E-state index contributed by atoms with van der Waals surface area (Å²) in [7, 11) is 0. The third kappa shape index (κ3) is 5.87.